The second-order valence-electron chi connectivity index (χ2n) is 2.66. The molecule has 0 heterocycles. The van der Waals surface area contributed by atoms with E-state index in [1.807, 2.05) is 6.92 Å². The van der Waals surface area contributed by atoms with Crippen LogP contribution in [0.5, 0.6) is 0 Å². The molecule has 0 unspecified atom stereocenters. The molecule has 0 aliphatic rings. The Labute approximate surface area is 95.7 Å². The maximum Gasteiger partial charge on any atom is 0.415 e. The van der Waals surface area contributed by atoms with Crippen molar-refractivity contribution in [3.63, 3.8) is 0 Å². The summed E-state index contributed by atoms with van der Waals surface area (Å²) in [5, 5.41) is 0. The fraction of sp³-hybridized carbons (Fsp3) is 0.400. The lowest BCUT2D eigenvalue weighted by atomic mass is 10.1. The normalized spacial score (nSPS) is 13.6. The first-order chi connectivity index (χ1) is 6.41. The second kappa shape index (κ2) is 6.27. The highest BCUT2D eigenvalue weighted by Crippen LogP contribution is 2.25. The Balaban J connectivity index is 4.36. The Morgan fingerprint density at radius 3 is 2.29 bits per heavy atom. The molecule has 0 rings (SSSR count). The summed E-state index contributed by atoms with van der Waals surface area (Å²) in [4.78, 5) is 0. The average molecular weight is 316 g/mol. The topological polar surface area (TPSA) is 0 Å². The summed E-state index contributed by atoms with van der Waals surface area (Å²) >= 11 is 2.18. The summed E-state index contributed by atoms with van der Waals surface area (Å²) in [6.07, 6.45) is 0.743. The van der Waals surface area contributed by atoms with E-state index in [9.17, 15) is 13.2 Å². The third-order valence-electron chi connectivity index (χ3n) is 1.62. The maximum absolute atomic E-state index is 12.0. The molecule has 0 saturated heterocycles. The quantitative estimate of drug-likeness (QED) is 0.409. The molecular formula is C10H12F3I. The van der Waals surface area contributed by atoms with Crippen molar-refractivity contribution in [3.05, 3.63) is 36.0 Å². The first kappa shape index (κ1) is 13.7. The predicted octanol–water partition coefficient (Wildman–Crippen LogP) is 4.43. The summed E-state index contributed by atoms with van der Waals surface area (Å²) in [5.74, 6) is 0. The van der Waals surface area contributed by atoms with Crippen LogP contribution < -0.4 is 0 Å². The van der Waals surface area contributed by atoms with Crippen LogP contribution in [0, 0.1) is 0 Å². The van der Waals surface area contributed by atoms with E-state index in [0.29, 0.717) is 0 Å². The Morgan fingerprint density at radius 1 is 1.36 bits per heavy atom. The molecule has 0 atom stereocenters. The van der Waals surface area contributed by atoms with Crippen molar-refractivity contribution in [1.82, 2.24) is 0 Å². The summed E-state index contributed by atoms with van der Waals surface area (Å²) in [5.41, 5.74) is 0.0788. The van der Waals surface area contributed by atoms with Crippen LogP contribution in [0.15, 0.2) is 36.0 Å². The number of halogens is 4. The van der Waals surface area contributed by atoms with Crippen LogP contribution in [0.4, 0.5) is 13.2 Å². The van der Waals surface area contributed by atoms with Gasteiger partial charge in [0.25, 0.3) is 0 Å². The number of hydrogen-bond acceptors (Lipinski definition) is 0. The zero-order chi connectivity index (χ0) is 11.2. The van der Waals surface area contributed by atoms with Crippen molar-refractivity contribution in [1.29, 1.82) is 0 Å². The van der Waals surface area contributed by atoms with Crippen molar-refractivity contribution in [2.75, 3.05) is 4.43 Å². The lowest BCUT2D eigenvalue weighted by Gasteiger charge is -2.05. The molecule has 0 bridgehead atoms. The van der Waals surface area contributed by atoms with Crippen LogP contribution in [0.1, 0.15) is 13.3 Å². The Hall–Kier alpha value is -0.260. The van der Waals surface area contributed by atoms with Gasteiger partial charge in [-0.1, -0.05) is 53.0 Å². The highest BCUT2D eigenvalue weighted by atomic mass is 127. The Bertz CT molecular complexity index is 249. The minimum atomic E-state index is -4.32. The summed E-state index contributed by atoms with van der Waals surface area (Å²) in [7, 11) is 0. The highest BCUT2D eigenvalue weighted by molar-refractivity contribution is 14.1. The molecule has 0 aliphatic heterocycles. The van der Waals surface area contributed by atoms with Crippen LogP contribution in [0.2, 0.25) is 0 Å². The minimum absolute atomic E-state index is 0.776. The lowest BCUT2D eigenvalue weighted by Crippen LogP contribution is -2.08. The standard InChI is InChI=1S/C10H12F3I/c1-3-9(6-7-14)5-4-8(2)10(11,12)13/h3-5H,2,6-7H2,1H3/b5-4-,9-3+. The largest absolute Gasteiger partial charge is 0.415 e. The molecule has 0 aromatic heterocycles. The third-order valence-corrected chi connectivity index (χ3v) is 2.16. The van der Waals surface area contributed by atoms with E-state index in [4.69, 9.17) is 0 Å². The van der Waals surface area contributed by atoms with Gasteiger partial charge < -0.3 is 0 Å². The monoisotopic (exact) mass is 316 g/mol. The van der Waals surface area contributed by atoms with Gasteiger partial charge in [0.1, 0.15) is 0 Å². The SMILES string of the molecule is C=C(/C=C\C(=C/C)CCI)C(F)(F)F. The van der Waals surface area contributed by atoms with E-state index in [-0.39, 0.29) is 0 Å². The maximum atomic E-state index is 12.0. The first-order valence-electron chi connectivity index (χ1n) is 4.07. The zero-order valence-corrected chi connectivity index (χ0v) is 10.0. The molecule has 0 radical (unpaired) electrons. The predicted molar refractivity (Wildman–Crippen MR) is 61.6 cm³/mol. The molecule has 0 saturated carbocycles. The summed E-state index contributed by atoms with van der Waals surface area (Å²) in [6, 6.07) is 0. The van der Waals surface area contributed by atoms with E-state index >= 15 is 0 Å². The van der Waals surface area contributed by atoms with Crippen molar-refractivity contribution >= 4 is 22.6 Å². The number of hydrogen-bond donors (Lipinski definition) is 0. The average Bonchev–Trinajstić information content (AvgIpc) is 2.10. The van der Waals surface area contributed by atoms with Gasteiger partial charge in [-0.2, -0.15) is 13.2 Å². The van der Waals surface area contributed by atoms with E-state index in [0.717, 1.165) is 22.5 Å². The van der Waals surface area contributed by atoms with Gasteiger partial charge in [-0.05, 0) is 13.3 Å². The van der Waals surface area contributed by atoms with Crippen molar-refractivity contribution in [3.8, 4) is 0 Å². The molecule has 0 spiro atoms. The van der Waals surface area contributed by atoms with Crippen molar-refractivity contribution in [2.45, 2.75) is 19.5 Å². The van der Waals surface area contributed by atoms with Crippen LogP contribution >= 0.6 is 22.6 Å². The molecule has 0 aliphatic carbocycles. The van der Waals surface area contributed by atoms with Gasteiger partial charge in [-0.25, -0.2) is 0 Å². The van der Waals surface area contributed by atoms with Crippen LogP contribution in [0.3, 0.4) is 0 Å². The molecule has 0 N–H and O–H groups in total. The third kappa shape index (κ3) is 5.47. The molecule has 14 heavy (non-hydrogen) atoms. The second-order valence-corrected chi connectivity index (χ2v) is 3.74. The molecule has 0 aromatic rings. The van der Waals surface area contributed by atoms with Gasteiger partial charge in [0.05, 0.1) is 0 Å². The van der Waals surface area contributed by atoms with Gasteiger partial charge in [-0.3, -0.25) is 0 Å². The number of alkyl halides is 4. The number of allylic oxidation sites excluding steroid dienone is 5. The van der Waals surface area contributed by atoms with Gasteiger partial charge in [0, 0.05) is 10.0 Å². The first-order valence-corrected chi connectivity index (χ1v) is 5.59. The molecular weight excluding hydrogens is 304 g/mol. The molecule has 0 fully saturated rings. The van der Waals surface area contributed by atoms with Crippen molar-refractivity contribution < 1.29 is 13.2 Å². The molecule has 4 heteroatoms. The fourth-order valence-corrected chi connectivity index (χ4v) is 1.36. The number of rotatable bonds is 4. The van der Waals surface area contributed by atoms with E-state index in [1.54, 1.807) is 6.08 Å². The lowest BCUT2D eigenvalue weighted by molar-refractivity contribution is -0.0878. The highest BCUT2D eigenvalue weighted by Gasteiger charge is 2.29. The van der Waals surface area contributed by atoms with Gasteiger partial charge in [-0.15, -0.1) is 0 Å². The van der Waals surface area contributed by atoms with Crippen LogP contribution in [-0.4, -0.2) is 10.6 Å². The summed E-state index contributed by atoms with van der Waals surface area (Å²) in [6.45, 7) is 4.76. The van der Waals surface area contributed by atoms with E-state index in [2.05, 4.69) is 29.2 Å². The molecule has 80 valence electrons. The van der Waals surface area contributed by atoms with E-state index < -0.39 is 11.7 Å². The van der Waals surface area contributed by atoms with Gasteiger partial charge in [0.15, 0.2) is 0 Å². The molecule has 0 amide bonds. The zero-order valence-electron chi connectivity index (χ0n) is 7.87. The van der Waals surface area contributed by atoms with Crippen LogP contribution in [0.25, 0.3) is 0 Å². The van der Waals surface area contributed by atoms with E-state index in [1.165, 1.54) is 6.08 Å². The summed E-state index contributed by atoms with van der Waals surface area (Å²) < 4.78 is 36.9. The fourth-order valence-electron chi connectivity index (χ4n) is 0.735. The van der Waals surface area contributed by atoms with Crippen molar-refractivity contribution in [2.24, 2.45) is 0 Å². The Kier molecular flexibility index (Phi) is 6.15. The van der Waals surface area contributed by atoms with Crippen LogP contribution in [-0.2, 0) is 0 Å². The van der Waals surface area contributed by atoms with Gasteiger partial charge >= 0.3 is 6.18 Å². The minimum Gasteiger partial charge on any atom is -0.166 e. The smallest absolute Gasteiger partial charge is 0.166 e. The molecule has 0 aromatic carbocycles. The van der Waals surface area contributed by atoms with Gasteiger partial charge in [0.2, 0.25) is 0 Å². The molecule has 0 nitrogen and oxygen atoms in total. The Morgan fingerprint density at radius 2 is 1.93 bits per heavy atom.